The van der Waals surface area contributed by atoms with Gasteiger partial charge in [-0.1, -0.05) is 0 Å². The number of rotatable bonds is 7. The van der Waals surface area contributed by atoms with Crippen molar-refractivity contribution in [2.24, 2.45) is 0 Å². The van der Waals surface area contributed by atoms with E-state index in [1.54, 1.807) is 0 Å². The summed E-state index contributed by atoms with van der Waals surface area (Å²) in [6.45, 7) is -1.03. The highest BCUT2D eigenvalue weighted by atomic mass is 32.2. The molecule has 1 aromatic rings. The van der Waals surface area contributed by atoms with Crippen LogP contribution in [0.5, 0.6) is 5.75 Å². The molecule has 0 amide bonds. The molecule has 0 aliphatic rings. The first-order valence-corrected chi connectivity index (χ1v) is 7.52. The number of hydrogen-bond acceptors (Lipinski definition) is 4. The van der Waals surface area contributed by atoms with Crippen LogP contribution >= 0.6 is 0 Å². The molecule has 0 saturated carbocycles. The van der Waals surface area contributed by atoms with Gasteiger partial charge in [-0.3, -0.25) is 0 Å². The second kappa shape index (κ2) is 7.10. The molecule has 0 bridgehead atoms. The van der Waals surface area contributed by atoms with Gasteiger partial charge >= 0.3 is 6.18 Å². The predicted octanol–water partition coefficient (Wildman–Crippen LogP) is 1.46. The van der Waals surface area contributed by atoms with E-state index in [1.165, 1.54) is 25.3 Å². The van der Waals surface area contributed by atoms with E-state index in [1.807, 2.05) is 4.72 Å². The Bertz CT molecular complexity index is 572. The van der Waals surface area contributed by atoms with Crippen molar-refractivity contribution in [2.75, 3.05) is 20.3 Å². The average molecular weight is 327 g/mol. The third kappa shape index (κ3) is 5.52. The molecule has 0 heterocycles. The Morgan fingerprint density at radius 1 is 1.33 bits per heavy atom. The lowest BCUT2D eigenvalue weighted by atomic mass is 10.1. The Kier molecular flexibility index (Phi) is 5.99. The molecule has 0 aromatic heterocycles. The van der Waals surface area contributed by atoms with Crippen molar-refractivity contribution in [3.05, 3.63) is 23.8 Å². The number of benzene rings is 1. The van der Waals surface area contributed by atoms with E-state index >= 15 is 0 Å². The first-order chi connectivity index (χ1) is 9.69. The van der Waals surface area contributed by atoms with Crippen molar-refractivity contribution in [3.8, 4) is 5.75 Å². The molecular formula is C12H16F3NO4S. The molecule has 0 fully saturated rings. The van der Waals surface area contributed by atoms with Gasteiger partial charge in [-0.2, -0.15) is 13.2 Å². The summed E-state index contributed by atoms with van der Waals surface area (Å²) in [7, 11) is -2.68. The van der Waals surface area contributed by atoms with Gasteiger partial charge in [0.2, 0.25) is 10.0 Å². The van der Waals surface area contributed by atoms with Crippen LogP contribution in [-0.4, -0.2) is 40.0 Å². The number of nitrogens with one attached hydrogen (secondary N) is 1. The third-order valence-corrected chi connectivity index (χ3v) is 4.20. The molecule has 0 aliphatic heterocycles. The summed E-state index contributed by atoms with van der Waals surface area (Å²) in [5.74, 6) is 0.396. The zero-order valence-corrected chi connectivity index (χ0v) is 12.1. The van der Waals surface area contributed by atoms with Crippen LogP contribution < -0.4 is 9.46 Å². The van der Waals surface area contributed by atoms with Crippen LogP contribution in [0, 0.1) is 0 Å². The Morgan fingerprint density at radius 2 is 2.00 bits per heavy atom. The van der Waals surface area contributed by atoms with Crippen LogP contribution in [-0.2, 0) is 16.4 Å². The first kappa shape index (κ1) is 17.7. The number of halogens is 3. The molecule has 0 aliphatic carbocycles. The van der Waals surface area contributed by atoms with Gasteiger partial charge in [-0.25, -0.2) is 13.1 Å². The predicted molar refractivity (Wildman–Crippen MR) is 69.6 cm³/mol. The number of hydrogen-bond donors (Lipinski definition) is 2. The summed E-state index contributed by atoms with van der Waals surface area (Å²) >= 11 is 0. The number of alkyl halides is 3. The van der Waals surface area contributed by atoms with E-state index in [0.717, 1.165) is 0 Å². The zero-order chi connectivity index (χ0) is 16.1. The molecule has 0 spiro atoms. The molecule has 0 atom stereocenters. The molecule has 0 unspecified atom stereocenters. The van der Waals surface area contributed by atoms with Gasteiger partial charge in [-0.15, -0.1) is 0 Å². The highest BCUT2D eigenvalue weighted by Crippen LogP contribution is 2.23. The number of ether oxygens (including phenoxy) is 1. The van der Waals surface area contributed by atoms with Gasteiger partial charge in [-0.05, 0) is 30.2 Å². The van der Waals surface area contributed by atoms with E-state index < -0.39 is 29.2 Å². The highest BCUT2D eigenvalue weighted by molar-refractivity contribution is 7.89. The zero-order valence-electron chi connectivity index (χ0n) is 11.3. The summed E-state index contributed by atoms with van der Waals surface area (Å²) in [5.41, 5.74) is 0.274. The van der Waals surface area contributed by atoms with Crippen molar-refractivity contribution in [1.29, 1.82) is 0 Å². The van der Waals surface area contributed by atoms with Crippen molar-refractivity contribution in [1.82, 2.24) is 4.72 Å². The second-order valence-electron chi connectivity index (χ2n) is 4.21. The third-order valence-electron chi connectivity index (χ3n) is 2.64. The summed E-state index contributed by atoms with van der Waals surface area (Å²) in [5, 5.41) is 8.95. The lowest BCUT2D eigenvalue weighted by molar-refractivity contribution is -0.132. The standard InChI is InChI=1S/C12H16F3NO4S/c1-20-10-2-3-11(9(8-10)4-7-17)21(18,19)16-6-5-12(13,14)15/h2-3,8,16-17H,4-7H2,1H3. The molecular weight excluding hydrogens is 311 g/mol. The van der Waals surface area contributed by atoms with E-state index in [2.05, 4.69) is 0 Å². The first-order valence-electron chi connectivity index (χ1n) is 6.04. The van der Waals surface area contributed by atoms with Gasteiger partial charge in [0.25, 0.3) is 0 Å². The van der Waals surface area contributed by atoms with Crippen molar-refractivity contribution < 1.29 is 31.4 Å². The minimum absolute atomic E-state index is 0.0483. The fourth-order valence-electron chi connectivity index (χ4n) is 1.67. The Hall–Kier alpha value is -1.32. The maximum absolute atomic E-state index is 12.0. The molecule has 9 heteroatoms. The Balaban J connectivity index is 2.96. The fourth-order valence-corrected chi connectivity index (χ4v) is 2.95. The van der Waals surface area contributed by atoms with Gasteiger partial charge in [0.05, 0.1) is 18.4 Å². The van der Waals surface area contributed by atoms with Crippen LogP contribution in [0.25, 0.3) is 0 Å². The molecule has 1 rings (SSSR count). The molecule has 0 radical (unpaired) electrons. The number of methoxy groups -OCH3 is 1. The molecule has 1 aromatic carbocycles. The monoisotopic (exact) mass is 327 g/mol. The molecule has 120 valence electrons. The molecule has 5 nitrogen and oxygen atoms in total. The molecule has 21 heavy (non-hydrogen) atoms. The van der Waals surface area contributed by atoms with Crippen LogP contribution in [0.2, 0.25) is 0 Å². The Morgan fingerprint density at radius 3 is 2.52 bits per heavy atom. The summed E-state index contributed by atoms with van der Waals surface area (Å²) in [6.07, 6.45) is -5.64. The van der Waals surface area contributed by atoms with Gasteiger partial charge in [0.15, 0.2) is 0 Å². The van der Waals surface area contributed by atoms with Crippen LogP contribution in [0.15, 0.2) is 23.1 Å². The second-order valence-corrected chi connectivity index (χ2v) is 5.95. The topological polar surface area (TPSA) is 75.6 Å². The maximum atomic E-state index is 12.0. The van der Waals surface area contributed by atoms with Gasteiger partial charge in [0, 0.05) is 13.2 Å². The number of aliphatic hydroxyl groups is 1. The fraction of sp³-hybridized carbons (Fsp3) is 0.500. The van der Waals surface area contributed by atoms with E-state index in [0.29, 0.717) is 5.75 Å². The lowest BCUT2D eigenvalue weighted by Crippen LogP contribution is -2.29. The molecule has 2 N–H and O–H groups in total. The normalized spacial score (nSPS) is 12.4. The highest BCUT2D eigenvalue weighted by Gasteiger charge is 2.28. The maximum Gasteiger partial charge on any atom is 0.390 e. The van der Waals surface area contributed by atoms with Crippen molar-refractivity contribution >= 4 is 10.0 Å². The lowest BCUT2D eigenvalue weighted by Gasteiger charge is -2.13. The summed E-state index contributed by atoms with van der Waals surface area (Å²) in [6, 6.07) is 4.05. The van der Waals surface area contributed by atoms with Gasteiger partial charge in [0.1, 0.15) is 5.75 Å². The number of sulfonamides is 1. The van der Waals surface area contributed by atoms with E-state index in [4.69, 9.17) is 9.84 Å². The largest absolute Gasteiger partial charge is 0.497 e. The van der Waals surface area contributed by atoms with Crippen LogP contribution in [0.1, 0.15) is 12.0 Å². The quantitative estimate of drug-likeness (QED) is 0.795. The SMILES string of the molecule is COc1ccc(S(=O)(=O)NCCC(F)(F)F)c(CCO)c1. The van der Waals surface area contributed by atoms with E-state index in [9.17, 15) is 21.6 Å². The van der Waals surface area contributed by atoms with Gasteiger partial charge < -0.3 is 9.84 Å². The summed E-state index contributed by atoms with van der Waals surface area (Å²) < 4.78 is 67.0. The minimum atomic E-state index is -4.43. The van der Waals surface area contributed by atoms with Crippen molar-refractivity contribution in [2.45, 2.75) is 23.9 Å². The van der Waals surface area contributed by atoms with Crippen molar-refractivity contribution in [3.63, 3.8) is 0 Å². The Labute approximate surface area is 120 Å². The smallest absolute Gasteiger partial charge is 0.390 e. The van der Waals surface area contributed by atoms with Crippen LogP contribution in [0.3, 0.4) is 0 Å². The van der Waals surface area contributed by atoms with E-state index in [-0.39, 0.29) is 23.5 Å². The molecule has 0 saturated heterocycles. The number of aliphatic hydroxyl groups excluding tert-OH is 1. The minimum Gasteiger partial charge on any atom is -0.497 e. The van der Waals surface area contributed by atoms with Crippen LogP contribution in [0.4, 0.5) is 13.2 Å². The summed E-state index contributed by atoms with van der Waals surface area (Å²) in [4.78, 5) is -0.167. The average Bonchev–Trinajstić information content (AvgIpc) is 2.37.